The number of imide groups is 1. The molecule has 1 saturated heterocycles. The van der Waals surface area contributed by atoms with Gasteiger partial charge in [0, 0.05) is 13.1 Å². The van der Waals surface area contributed by atoms with E-state index in [4.69, 9.17) is 0 Å². The average molecular weight is 411 g/mol. The Labute approximate surface area is 174 Å². The molecule has 1 saturated carbocycles. The van der Waals surface area contributed by atoms with Gasteiger partial charge in [-0.15, -0.1) is 5.10 Å². The van der Waals surface area contributed by atoms with Crippen LogP contribution < -0.4 is 5.32 Å². The molecule has 1 aliphatic heterocycles. The molecule has 2 aromatic rings. The van der Waals surface area contributed by atoms with E-state index in [1.165, 1.54) is 17.4 Å². The number of likely N-dealkylation sites (N-methyl/N-ethyl adjacent to an activating group) is 1. The molecule has 1 aromatic carbocycles. The molecule has 0 radical (unpaired) electrons. The molecule has 2 fully saturated rings. The Hall–Kier alpha value is -3.30. The Morgan fingerprint density at radius 1 is 1.27 bits per heavy atom. The summed E-state index contributed by atoms with van der Waals surface area (Å²) < 4.78 is 1.47. The smallest absolute Gasteiger partial charge is 0.325 e. The molecule has 4 rings (SSSR count). The molecule has 1 unspecified atom stereocenters. The minimum Gasteiger partial charge on any atom is -0.341 e. The summed E-state index contributed by atoms with van der Waals surface area (Å²) >= 11 is 0. The fraction of sp³-hybridized carbons (Fsp3) is 0.500. The summed E-state index contributed by atoms with van der Waals surface area (Å²) in [6, 6.07) is 6.67. The molecule has 1 aromatic heterocycles. The zero-order chi connectivity index (χ0) is 21.3. The predicted molar refractivity (Wildman–Crippen MR) is 106 cm³/mol. The van der Waals surface area contributed by atoms with E-state index in [1.807, 2.05) is 0 Å². The van der Waals surface area contributed by atoms with Gasteiger partial charge in [-0.2, -0.15) is 0 Å². The Balaban J connectivity index is 1.52. The van der Waals surface area contributed by atoms with Gasteiger partial charge in [-0.3, -0.25) is 14.5 Å². The lowest BCUT2D eigenvalue weighted by Crippen LogP contribution is -2.46. The summed E-state index contributed by atoms with van der Waals surface area (Å²) in [5.74, 6) is -0.677. The summed E-state index contributed by atoms with van der Waals surface area (Å²) in [4.78, 5) is 41.3. The molecule has 1 atom stereocenters. The highest BCUT2D eigenvalue weighted by Gasteiger charge is 2.50. The lowest BCUT2D eigenvalue weighted by atomic mass is 9.91. The number of rotatable bonds is 5. The van der Waals surface area contributed by atoms with Crippen molar-refractivity contribution in [2.24, 2.45) is 0 Å². The van der Waals surface area contributed by atoms with Crippen molar-refractivity contribution in [3.8, 4) is 5.69 Å². The first kappa shape index (κ1) is 20.0. The minimum absolute atomic E-state index is 0.173. The largest absolute Gasteiger partial charge is 0.341 e. The average Bonchev–Trinajstić information content (AvgIpc) is 3.38. The van der Waals surface area contributed by atoms with E-state index in [2.05, 4.69) is 20.8 Å². The molecular formula is C20H25N7O3. The number of nitrogens with one attached hydrogen (secondary N) is 1. The van der Waals surface area contributed by atoms with Gasteiger partial charge in [0.25, 0.3) is 5.91 Å². The molecule has 4 amide bonds. The van der Waals surface area contributed by atoms with E-state index in [-0.39, 0.29) is 18.5 Å². The summed E-state index contributed by atoms with van der Waals surface area (Å²) in [5, 5.41) is 13.8. The number of aromatic nitrogens is 4. The second-order valence-corrected chi connectivity index (χ2v) is 8.05. The number of carbonyl (C=O) groups excluding carboxylic acids is 3. The van der Waals surface area contributed by atoms with Crippen molar-refractivity contribution in [2.75, 3.05) is 13.6 Å². The van der Waals surface area contributed by atoms with Crippen LogP contribution in [0.1, 0.15) is 44.6 Å². The topological polar surface area (TPSA) is 113 Å². The molecule has 158 valence electrons. The maximum Gasteiger partial charge on any atom is 0.325 e. The van der Waals surface area contributed by atoms with Gasteiger partial charge in [0.15, 0.2) is 0 Å². The first-order chi connectivity index (χ1) is 14.4. The highest BCUT2D eigenvalue weighted by molar-refractivity contribution is 6.09. The molecule has 0 spiro atoms. The first-order valence-corrected chi connectivity index (χ1v) is 10.1. The highest BCUT2D eigenvalue weighted by atomic mass is 16.2. The molecule has 1 aliphatic carbocycles. The SMILES string of the molecule is CN(C(=O)CN1C(=O)NC(C)(c2cccc(-n3cnnn3)c2)C1=O)C1CCCCC1. The van der Waals surface area contributed by atoms with Crippen molar-refractivity contribution < 1.29 is 14.4 Å². The zero-order valence-electron chi connectivity index (χ0n) is 17.1. The molecule has 2 heterocycles. The van der Waals surface area contributed by atoms with E-state index in [0.29, 0.717) is 11.3 Å². The second kappa shape index (κ2) is 7.85. The van der Waals surface area contributed by atoms with Gasteiger partial charge in [0.1, 0.15) is 18.4 Å². The summed E-state index contributed by atoms with van der Waals surface area (Å²) in [5.41, 5.74) is -0.0260. The minimum atomic E-state index is -1.27. The van der Waals surface area contributed by atoms with Gasteiger partial charge < -0.3 is 10.2 Å². The number of nitrogens with zero attached hydrogens (tertiary/aromatic N) is 6. The highest BCUT2D eigenvalue weighted by Crippen LogP contribution is 2.30. The Morgan fingerprint density at radius 3 is 2.73 bits per heavy atom. The van der Waals surface area contributed by atoms with Crippen LogP contribution >= 0.6 is 0 Å². The van der Waals surface area contributed by atoms with Crippen LogP contribution in [0.4, 0.5) is 4.79 Å². The fourth-order valence-corrected chi connectivity index (χ4v) is 4.19. The summed E-state index contributed by atoms with van der Waals surface area (Å²) in [6.07, 6.45) is 6.76. The van der Waals surface area contributed by atoms with Crippen LogP contribution in [-0.4, -0.2) is 67.5 Å². The molecule has 1 N–H and O–H groups in total. The Bertz CT molecular complexity index is 955. The van der Waals surface area contributed by atoms with Gasteiger partial charge in [-0.05, 0) is 47.9 Å². The Morgan fingerprint density at radius 2 is 2.03 bits per heavy atom. The van der Waals surface area contributed by atoms with Crippen LogP contribution in [0.2, 0.25) is 0 Å². The Kier molecular flexibility index (Phi) is 5.23. The predicted octanol–water partition coefficient (Wildman–Crippen LogP) is 1.22. The maximum atomic E-state index is 13.2. The molecule has 2 aliphatic rings. The van der Waals surface area contributed by atoms with E-state index in [0.717, 1.165) is 30.6 Å². The van der Waals surface area contributed by atoms with E-state index >= 15 is 0 Å². The van der Waals surface area contributed by atoms with Crippen LogP contribution in [0.5, 0.6) is 0 Å². The number of carbonyl (C=O) groups is 3. The van der Waals surface area contributed by atoms with Crippen molar-refractivity contribution in [2.45, 2.75) is 50.6 Å². The van der Waals surface area contributed by atoms with Gasteiger partial charge in [-0.1, -0.05) is 31.4 Å². The molecule has 10 heteroatoms. The van der Waals surface area contributed by atoms with E-state index in [1.54, 1.807) is 43.1 Å². The van der Waals surface area contributed by atoms with Crippen LogP contribution in [0, 0.1) is 0 Å². The summed E-state index contributed by atoms with van der Waals surface area (Å²) in [7, 11) is 1.76. The van der Waals surface area contributed by atoms with Crippen LogP contribution in [0.3, 0.4) is 0 Å². The molecule has 0 bridgehead atoms. The standard InChI is InChI=1S/C20H25N7O3/c1-20(14-7-6-10-16(11-14)27-13-21-23-24-27)18(29)26(19(30)22-20)12-17(28)25(2)15-8-4-3-5-9-15/h6-7,10-11,13,15H,3-5,8-9,12H2,1-2H3,(H,22,30). The number of tetrazole rings is 1. The monoisotopic (exact) mass is 411 g/mol. The van der Waals surface area contributed by atoms with Crippen molar-refractivity contribution >= 4 is 17.8 Å². The van der Waals surface area contributed by atoms with Crippen LogP contribution in [0.25, 0.3) is 5.69 Å². The molecular weight excluding hydrogens is 386 g/mol. The zero-order valence-corrected chi connectivity index (χ0v) is 17.1. The number of hydrogen-bond donors (Lipinski definition) is 1. The van der Waals surface area contributed by atoms with Crippen LogP contribution in [-0.2, 0) is 15.1 Å². The van der Waals surface area contributed by atoms with E-state index in [9.17, 15) is 14.4 Å². The van der Waals surface area contributed by atoms with Crippen LogP contribution in [0.15, 0.2) is 30.6 Å². The van der Waals surface area contributed by atoms with Crippen molar-refractivity contribution in [3.63, 3.8) is 0 Å². The lowest BCUT2D eigenvalue weighted by molar-refractivity contribution is -0.139. The fourth-order valence-electron chi connectivity index (χ4n) is 4.19. The molecule has 10 nitrogen and oxygen atoms in total. The van der Waals surface area contributed by atoms with Crippen molar-refractivity contribution in [3.05, 3.63) is 36.2 Å². The van der Waals surface area contributed by atoms with Gasteiger partial charge in [0.05, 0.1) is 5.69 Å². The number of benzene rings is 1. The maximum absolute atomic E-state index is 13.2. The third-order valence-electron chi connectivity index (χ3n) is 6.12. The third-order valence-corrected chi connectivity index (χ3v) is 6.12. The van der Waals surface area contributed by atoms with Gasteiger partial charge in [-0.25, -0.2) is 9.48 Å². The van der Waals surface area contributed by atoms with Crippen molar-refractivity contribution in [1.82, 2.24) is 35.3 Å². The lowest BCUT2D eigenvalue weighted by Gasteiger charge is -2.32. The number of urea groups is 1. The normalized spacial score (nSPS) is 22.3. The third kappa shape index (κ3) is 3.53. The summed E-state index contributed by atoms with van der Waals surface area (Å²) in [6.45, 7) is 1.38. The first-order valence-electron chi connectivity index (χ1n) is 10.1. The molecule has 30 heavy (non-hydrogen) atoms. The number of amides is 4. The van der Waals surface area contributed by atoms with Gasteiger partial charge in [0.2, 0.25) is 5.91 Å². The van der Waals surface area contributed by atoms with Gasteiger partial charge >= 0.3 is 6.03 Å². The van der Waals surface area contributed by atoms with E-state index < -0.39 is 17.5 Å². The second-order valence-electron chi connectivity index (χ2n) is 8.05. The quantitative estimate of drug-likeness (QED) is 0.740. The van der Waals surface area contributed by atoms with Crippen molar-refractivity contribution in [1.29, 1.82) is 0 Å². The number of hydrogen-bond acceptors (Lipinski definition) is 6.